The summed E-state index contributed by atoms with van der Waals surface area (Å²) in [7, 11) is 0. The lowest BCUT2D eigenvalue weighted by Gasteiger charge is -2.06. The number of nitrogens with one attached hydrogen (secondary N) is 1. The number of amides is 2. The maximum Gasteiger partial charge on any atom is 0.274 e. The number of anilines is 1. The van der Waals surface area contributed by atoms with E-state index < -0.39 is 28.8 Å². The summed E-state index contributed by atoms with van der Waals surface area (Å²) in [5.74, 6) is -2.92. The van der Waals surface area contributed by atoms with Crippen molar-refractivity contribution < 1.29 is 18.4 Å². The van der Waals surface area contributed by atoms with Gasteiger partial charge in [0.25, 0.3) is 17.4 Å². The molecule has 0 saturated heterocycles. The van der Waals surface area contributed by atoms with E-state index in [9.17, 15) is 18.4 Å². The van der Waals surface area contributed by atoms with Crippen molar-refractivity contribution in [1.29, 1.82) is 0 Å². The number of benzene rings is 1. The number of nitrogens with two attached hydrogens (primary N) is 1. The van der Waals surface area contributed by atoms with Crippen LogP contribution in [0.25, 0.3) is 0 Å². The minimum Gasteiger partial charge on any atom is -0.366 e. The molecule has 0 bridgehead atoms. The Hall–Kier alpha value is -1.69. The van der Waals surface area contributed by atoms with Crippen LogP contribution in [0.3, 0.4) is 0 Å². The normalized spacial score (nSPS) is 11.9. The highest BCUT2D eigenvalue weighted by Gasteiger charge is 2.15. The molecule has 16 heavy (non-hydrogen) atoms. The van der Waals surface area contributed by atoms with Gasteiger partial charge in [0.2, 0.25) is 0 Å². The Labute approximate surface area is 94.4 Å². The Morgan fingerprint density at radius 2 is 2.06 bits per heavy atom. The van der Waals surface area contributed by atoms with Crippen LogP contribution in [0.2, 0.25) is 0 Å². The molecule has 0 radical (unpaired) electrons. The first kappa shape index (κ1) is 12.4. The predicted molar refractivity (Wildman–Crippen MR) is 54.3 cm³/mol. The number of halogens is 3. The van der Waals surface area contributed by atoms with E-state index in [2.05, 4.69) is 0 Å². The van der Waals surface area contributed by atoms with Gasteiger partial charge in [-0.3, -0.25) is 9.59 Å². The summed E-state index contributed by atoms with van der Waals surface area (Å²) in [6.07, 6.45) is 0. The van der Waals surface area contributed by atoms with Crippen LogP contribution in [0.5, 0.6) is 0 Å². The molecule has 0 aliphatic rings. The van der Waals surface area contributed by atoms with Crippen molar-refractivity contribution in [2.75, 3.05) is 5.32 Å². The van der Waals surface area contributed by atoms with Crippen LogP contribution in [0.15, 0.2) is 18.2 Å². The molecule has 0 saturated carbocycles. The van der Waals surface area contributed by atoms with Crippen molar-refractivity contribution >= 4 is 29.1 Å². The predicted octanol–water partition coefficient (Wildman–Crippen LogP) is 1.40. The molecule has 0 heterocycles. The second kappa shape index (κ2) is 4.89. The Bertz CT molecular complexity index is 438. The van der Waals surface area contributed by atoms with Gasteiger partial charge >= 0.3 is 0 Å². The van der Waals surface area contributed by atoms with Crippen LogP contribution in [0.4, 0.5) is 14.5 Å². The van der Waals surface area contributed by atoms with Crippen molar-refractivity contribution in [2.24, 2.45) is 5.73 Å². The number of hydrogen-bond acceptors (Lipinski definition) is 2. The summed E-state index contributed by atoms with van der Waals surface area (Å²) in [6, 6.07) is 3.07. The number of hydrogen-bond donors (Lipinski definition) is 2. The van der Waals surface area contributed by atoms with E-state index in [0.717, 1.165) is 18.2 Å². The molecule has 1 aromatic rings. The molecule has 0 spiro atoms. The first-order valence-corrected chi connectivity index (χ1v) is 4.54. The molecule has 3 N–H and O–H groups in total. The minimum absolute atomic E-state index is 0.0310. The molecule has 86 valence electrons. The number of primary amides is 1. The fourth-order valence-electron chi connectivity index (χ4n) is 0.989. The molecule has 0 aromatic heterocycles. The molecule has 7 heteroatoms. The minimum atomic E-state index is -2.22. The highest BCUT2D eigenvalue weighted by Crippen LogP contribution is 2.15. The maximum absolute atomic E-state index is 13.0. The van der Waals surface area contributed by atoms with Crippen LogP contribution < -0.4 is 11.1 Å². The van der Waals surface area contributed by atoms with Crippen molar-refractivity contribution in [3.05, 3.63) is 29.6 Å². The first-order chi connectivity index (χ1) is 7.41. The quantitative estimate of drug-likeness (QED) is 0.794. The first-order valence-electron chi connectivity index (χ1n) is 4.10. The van der Waals surface area contributed by atoms with E-state index in [0.29, 0.717) is 0 Å². The summed E-state index contributed by atoms with van der Waals surface area (Å²) in [4.78, 5) is 21.6. The highest BCUT2D eigenvalue weighted by atomic mass is 35.5. The van der Waals surface area contributed by atoms with E-state index in [1.54, 1.807) is 0 Å². The van der Waals surface area contributed by atoms with Crippen LogP contribution in [0, 0.1) is 5.82 Å². The van der Waals surface area contributed by atoms with Crippen molar-refractivity contribution in [2.45, 2.75) is 5.63 Å². The monoisotopic (exact) mass is 248 g/mol. The molecule has 0 aliphatic heterocycles. The van der Waals surface area contributed by atoms with Gasteiger partial charge in [-0.15, -0.1) is 0 Å². The molecule has 4 nitrogen and oxygen atoms in total. The molecule has 1 atom stereocenters. The Balaban J connectivity index is 2.95. The molecule has 1 rings (SSSR count). The Morgan fingerprint density at radius 1 is 1.44 bits per heavy atom. The number of carbonyl (C=O) groups excluding carboxylic acids is 2. The Kier molecular flexibility index (Phi) is 3.78. The van der Waals surface area contributed by atoms with Gasteiger partial charge in [-0.1, -0.05) is 11.6 Å². The highest BCUT2D eigenvalue weighted by molar-refractivity contribution is 6.31. The molecule has 0 aliphatic carbocycles. The third kappa shape index (κ3) is 2.90. The zero-order chi connectivity index (χ0) is 12.3. The fourth-order valence-corrected chi connectivity index (χ4v) is 1.04. The van der Waals surface area contributed by atoms with E-state index >= 15 is 0 Å². The van der Waals surface area contributed by atoms with Crippen LogP contribution in [0.1, 0.15) is 10.4 Å². The average molecular weight is 249 g/mol. The molecular weight excluding hydrogens is 242 g/mol. The SMILES string of the molecule is NC(=O)c1cc(NC(=O)C(F)Cl)ccc1F. The lowest BCUT2D eigenvalue weighted by atomic mass is 10.2. The van der Waals surface area contributed by atoms with Gasteiger partial charge in [-0.2, -0.15) is 0 Å². The van der Waals surface area contributed by atoms with Gasteiger partial charge in [0.05, 0.1) is 5.56 Å². The maximum atomic E-state index is 13.0. The molecule has 1 unspecified atom stereocenters. The van der Waals surface area contributed by atoms with Crippen molar-refractivity contribution in [1.82, 2.24) is 0 Å². The zero-order valence-electron chi connectivity index (χ0n) is 7.84. The van der Waals surface area contributed by atoms with Gasteiger partial charge in [0, 0.05) is 5.69 Å². The van der Waals surface area contributed by atoms with Gasteiger partial charge in [-0.25, -0.2) is 8.78 Å². The van der Waals surface area contributed by atoms with Crippen LogP contribution >= 0.6 is 11.6 Å². The largest absolute Gasteiger partial charge is 0.366 e. The van der Waals surface area contributed by atoms with E-state index in [-0.39, 0.29) is 5.69 Å². The average Bonchev–Trinajstić information content (AvgIpc) is 2.20. The lowest BCUT2D eigenvalue weighted by Crippen LogP contribution is -2.20. The van der Waals surface area contributed by atoms with Gasteiger partial charge < -0.3 is 11.1 Å². The smallest absolute Gasteiger partial charge is 0.274 e. The molecule has 0 fully saturated rings. The summed E-state index contributed by atoms with van der Waals surface area (Å²) < 4.78 is 25.3. The summed E-state index contributed by atoms with van der Waals surface area (Å²) in [5.41, 5.74) is 2.29. The van der Waals surface area contributed by atoms with Crippen LogP contribution in [-0.4, -0.2) is 17.4 Å². The van der Waals surface area contributed by atoms with Gasteiger partial charge in [-0.05, 0) is 18.2 Å². The summed E-state index contributed by atoms with van der Waals surface area (Å²) >= 11 is 4.87. The third-order valence-corrected chi connectivity index (χ3v) is 1.90. The number of alkyl halides is 2. The Morgan fingerprint density at radius 3 is 2.56 bits per heavy atom. The van der Waals surface area contributed by atoms with Crippen LogP contribution in [-0.2, 0) is 4.79 Å². The summed E-state index contributed by atoms with van der Waals surface area (Å²) in [5, 5.41) is 2.04. The number of carbonyl (C=O) groups is 2. The van der Waals surface area contributed by atoms with E-state index in [4.69, 9.17) is 17.3 Å². The number of rotatable bonds is 3. The fraction of sp³-hybridized carbons (Fsp3) is 0.111. The second-order valence-electron chi connectivity index (χ2n) is 2.85. The third-order valence-electron chi connectivity index (χ3n) is 1.70. The zero-order valence-corrected chi connectivity index (χ0v) is 8.59. The summed E-state index contributed by atoms with van der Waals surface area (Å²) in [6.45, 7) is 0. The van der Waals surface area contributed by atoms with Crippen molar-refractivity contribution in [3.8, 4) is 0 Å². The standard InChI is InChI=1S/C9H7ClF2N2O2/c10-7(12)9(16)14-4-1-2-6(11)5(3-4)8(13)15/h1-3,7H,(H2,13,15)(H,14,16). The second-order valence-corrected chi connectivity index (χ2v) is 3.23. The van der Waals surface area contributed by atoms with E-state index in [1.807, 2.05) is 5.32 Å². The van der Waals surface area contributed by atoms with E-state index in [1.165, 1.54) is 0 Å². The molecule has 1 aromatic carbocycles. The van der Waals surface area contributed by atoms with Gasteiger partial charge in [0.15, 0.2) is 0 Å². The van der Waals surface area contributed by atoms with Gasteiger partial charge in [0.1, 0.15) is 5.82 Å². The topological polar surface area (TPSA) is 72.2 Å². The molecular formula is C9H7ClF2N2O2. The molecule has 2 amide bonds. The van der Waals surface area contributed by atoms with Crippen molar-refractivity contribution in [3.63, 3.8) is 0 Å². The lowest BCUT2D eigenvalue weighted by molar-refractivity contribution is -0.118.